The van der Waals surface area contributed by atoms with Crippen molar-refractivity contribution < 1.29 is 18.1 Å². The summed E-state index contributed by atoms with van der Waals surface area (Å²) in [6.45, 7) is 1.59. The van der Waals surface area contributed by atoms with Gasteiger partial charge in [0.15, 0.2) is 9.84 Å². The molecule has 0 aliphatic rings. The van der Waals surface area contributed by atoms with E-state index in [1.54, 1.807) is 31.2 Å². The summed E-state index contributed by atoms with van der Waals surface area (Å²) in [6.07, 6.45) is 0. The SMILES string of the molecule is Cc1cc([N+](=O)[O-])ccc1NC(=O)CS(=O)(=O)Cc1ccc(Cl)cc1. The van der Waals surface area contributed by atoms with Crippen molar-refractivity contribution >= 4 is 38.7 Å². The quantitative estimate of drug-likeness (QED) is 0.610. The second kappa shape index (κ2) is 7.62. The Bertz CT molecular complexity index is 911. The van der Waals surface area contributed by atoms with Gasteiger partial charge in [-0.25, -0.2) is 8.42 Å². The van der Waals surface area contributed by atoms with E-state index in [-0.39, 0.29) is 11.4 Å². The summed E-state index contributed by atoms with van der Waals surface area (Å²) in [4.78, 5) is 22.2. The number of hydrogen-bond donors (Lipinski definition) is 1. The second-order valence-corrected chi connectivity index (χ2v) is 7.96. The largest absolute Gasteiger partial charge is 0.325 e. The molecule has 0 fully saturated rings. The fraction of sp³-hybridized carbons (Fsp3) is 0.188. The van der Waals surface area contributed by atoms with Crippen LogP contribution in [0, 0.1) is 17.0 Å². The Morgan fingerprint density at radius 1 is 1.20 bits per heavy atom. The Morgan fingerprint density at radius 2 is 1.84 bits per heavy atom. The van der Waals surface area contributed by atoms with E-state index in [9.17, 15) is 23.3 Å². The molecule has 9 heteroatoms. The van der Waals surface area contributed by atoms with Crippen molar-refractivity contribution in [3.63, 3.8) is 0 Å². The molecule has 7 nitrogen and oxygen atoms in total. The Labute approximate surface area is 149 Å². The third-order valence-electron chi connectivity index (χ3n) is 3.35. The van der Waals surface area contributed by atoms with Gasteiger partial charge >= 0.3 is 0 Å². The van der Waals surface area contributed by atoms with E-state index in [1.165, 1.54) is 18.2 Å². The minimum atomic E-state index is -3.66. The van der Waals surface area contributed by atoms with Gasteiger partial charge in [0.25, 0.3) is 5.69 Å². The molecule has 2 aromatic rings. The van der Waals surface area contributed by atoms with Crippen molar-refractivity contribution in [3.8, 4) is 0 Å². The maximum Gasteiger partial charge on any atom is 0.269 e. The number of sulfone groups is 1. The lowest BCUT2D eigenvalue weighted by Gasteiger charge is -2.09. The first-order valence-electron chi connectivity index (χ1n) is 7.16. The monoisotopic (exact) mass is 382 g/mol. The number of halogens is 1. The van der Waals surface area contributed by atoms with Gasteiger partial charge < -0.3 is 5.32 Å². The molecule has 0 spiro atoms. The number of nitrogens with one attached hydrogen (secondary N) is 1. The summed E-state index contributed by atoms with van der Waals surface area (Å²) in [5.41, 5.74) is 1.23. The Hall–Kier alpha value is -2.45. The number of amides is 1. The molecule has 1 amide bonds. The normalized spacial score (nSPS) is 11.1. The molecule has 0 saturated heterocycles. The molecule has 0 heterocycles. The molecule has 0 radical (unpaired) electrons. The second-order valence-electron chi connectivity index (χ2n) is 5.46. The zero-order chi connectivity index (χ0) is 18.6. The van der Waals surface area contributed by atoms with E-state index in [0.717, 1.165) is 0 Å². The molecular formula is C16H15ClN2O5S. The first kappa shape index (κ1) is 18.9. The molecule has 0 unspecified atom stereocenters. The van der Waals surface area contributed by atoms with Gasteiger partial charge in [0.1, 0.15) is 5.75 Å². The standard InChI is InChI=1S/C16H15ClN2O5S/c1-11-8-14(19(21)22)6-7-15(11)18-16(20)10-25(23,24)9-12-2-4-13(17)5-3-12/h2-8H,9-10H2,1H3,(H,18,20). The number of carbonyl (C=O) groups is 1. The highest BCUT2D eigenvalue weighted by atomic mass is 35.5. The number of rotatable bonds is 6. The van der Waals surface area contributed by atoms with Crippen LogP contribution in [0.3, 0.4) is 0 Å². The molecule has 0 aromatic heterocycles. The third-order valence-corrected chi connectivity index (χ3v) is 5.07. The third kappa shape index (κ3) is 5.54. The number of aryl methyl sites for hydroxylation is 1. The minimum Gasteiger partial charge on any atom is -0.325 e. The summed E-state index contributed by atoms with van der Waals surface area (Å²) in [5, 5.41) is 13.7. The van der Waals surface area contributed by atoms with Gasteiger partial charge in [-0.05, 0) is 36.2 Å². The van der Waals surface area contributed by atoms with Crippen molar-refractivity contribution in [3.05, 3.63) is 68.7 Å². The van der Waals surface area contributed by atoms with E-state index >= 15 is 0 Å². The number of hydrogen-bond acceptors (Lipinski definition) is 5. The number of anilines is 1. The highest BCUT2D eigenvalue weighted by Gasteiger charge is 2.18. The van der Waals surface area contributed by atoms with Gasteiger partial charge in [0.2, 0.25) is 5.91 Å². The number of benzene rings is 2. The number of carbonyl (C=O) groups excluding carboxylic acids is 1. The van der Waals surface area contributed by atoms with Crippen molar-refractivity contribution in [2.75, 3.05) is 11.1 Å². The van der Waals surface area contributed by atoms with Crippen LogP contribution in [0.25, 0.3) is 0 Å². The lowest BCUT2D eigenvalue weighted by Crippen LogP contribution is -2.24. The van der Waals surface area contributed by atoms with Crippen molar-refractivity contribution in [1.29, 1.82) is 0 Å². The molecule has 0 atom stereocenters. The summed E-state index contributed by atoms with van der Waals surface area (Å²) >= 11 is 5.75. The van der Waals surface area contributed by atoms with Gasteiger partial charge in [-0.2, -0.15) is 0 Å². The van der Waals surface area contributed by atoms with Crippen LogP contribution in [-0.4, -0.2) is 25.0 Å². The lowest BCUT2D eigenvalue weighted by molar-refractivity contribution is -0.384. The van der Waals surface area contributed by atoms with Gasteiger partial charge in [0, 0.05) is 22.8 Å². The van der Waals surface area contributed by atoms with Crippen LogP contribution in [0.5, 0.6) is 0 Å². The molecule has 0 aliphatic carbocycles. The molecule has 2 aromatic carbocycles. The number of nitrogens with zero attached hydrogens (tertiary/aromatic N) is 1. The summed E-state index contributed by atoms with van der Waals surface area (Å²) in [7, 11) is -3.66. The van der Waals surface area contributed by atoms with Crippen LogP contribution in [0.2, 0.25) is 5.02 Å². The van der Waals surface area contributed by atoms with E-state index in [0.29, 0.717) is 21.8 Å². The molecular weight excluding hydrogens is 368 g/mol. The van der Waals surface area contributed by atoms with E-state index in [4.69, 9.17) is 11.6 Å². The summed E-state index contributed by atoms with van der Waals surface area (Å²) < 4.78 is 24.3. The average molecular weight is 383 g/mol. The first-order chi connectivity index (χ1) is 11.7. The van der Waals surface area contributed by atoms with Crippen LogP contribution >= 0.6 is 11.6 Å². The van der Waals surface area contributed by atoms with Crippen LogP contribution < -0.4 is 5.32 Å². The van der Waals surface area contributed by atoms with Crippen LogP contribution in [0.1, 0.15) is 11.1 Å². The number of non-ortho nitro benzene ring substituents is 1. The molecule has 25 heavy (non-hydrogen) atoms. The highest BCUT2D eigenvalue weighted by molar-refractivity contribution is 7.91. The predicted molar refractivity (Wildman–Crippen MR) is 95.4 cm³/mol. The van der Waals surface area contributed by atoms with Crippen LogP contribution in [0.4, 0.5) is 11.4 Å². The van der Waals surface area contributed by atoms with Gasteiger partial charge in [-0.1, -0.05) is 23.7 Å². The predicted octanol–water partition coefficient (Wildman–Crippen LogP) is 3.11. The van der Waals surface area contributed by atoms with E-state index in [2.05, 4.69) is 5.32 Å². The smallest absolute Gasteiger partial charge is 0.269 e. The fourth-order valence-electron chi connectivity index (χ4n) is 2.17. The van der Waals surface area contributed by atoms with Crippen molar-refractivity contribution in [2.24, 2.45) is 0 Å². The van der Waals surface area contributed by atoms with E-state index in [1.807, 2.05) is 0 Å². The van der Waals surface area contributed by atoms with Crippen LogP contribution in [-0.2, 0) is 20.4 Å². The first-order valence-corrected chi connectivity index (χ1v) is 9.36. The zero-order valence-corrected chi connectivity index (χ0v) is 14.8. The summed E-state index contributed by atoms with van der Waals surface area (Å²) in [5.74, 6) is -1.67. The number of nitro benzene ring substituents is 1. The molecule has 2 rings (SSSR count). The zero-order valence-electron chi connectivity index (χ0n) is 13.2. The van der Waals surface area contributed by atoms with Crippen LogP contribution in [0.15, 0.2) is 42.5 Å². The summed E-state index contributed by atoms with van der Waals surface area (Å²) in [6, 6.07) is 10.2. The van der Waals surface area contributed by atoms with Crippen molar-refractivity contribution in [2.45, 2.75) is 12.7 Å². The Kier molecular flexibility index (Phi) is 5.76. The maximum absolute atomic E-state index is 12.1. The van der Waals surface area contributed by atoms with Crippen molar-refractivity contribution in [1.82, 2.24) is 0 Å². The molecule has 1 N–H and O–H groups in total. The fourth-order valence-corrected chi connectivity index (χ4v) is 3.57. The van der Waals surface area contributed by atoms with E-state index < -0.39 is 26.4 Å². The lowest BCUT2D eigenvalue weighted by atomic mass is 10.2. The maximum atomic E-state index is 12.1. The topological polar surface area (TPSA) is 106 Å². The molecule has 0 bridgehead atoms. The molecule has 132 valence electrons. The van der Waals surface area contributed by atoms with Gasteiger partial charge in [-0.3, -0.25) is 14.9 Å². The average Bonchev–Trinajstić information content (AvgIpc) is 2.50. The van der Waals surface area contributed by atoms with Gasteiger partial charge in [0.05, 0.1) is 10.7 Å². The minimum absolute atomic E-state index is 0.106. The Balaban J connectivity index is 2.03. The molecule has 0 saturated carbocycles. The number of nitro groups is 1. The highest BCUT2D eigenvalue weighted by Crippen LogP contribution is 2.21. The Morgan fingerprint density at radius 3 is 2.40 bits per heavy atom. The van der Waals surface area contributed by atoms with Gasteiger partial charge in [-0.15, -0.1) is 0 Å². The molecule has 0 aliphatic heterocycles.